The van der Waals surface area contributed by atoms with E-state index in [-0.39, 0.29) is 0 Å². The van der Waals surface area contributed by atoms with Crippen molar-refractivity contribution in [1.82, 2.24) is 0 Å². The van der Waals surface area contributed by atoms with Crippen molar-refractivity contribution in [3.05, 3.63) is 17.7 Å². The van der Waals surface area contributed by atoms with Crippen LogP contribution in [0, 0.1) is 6.92 Å². The molecule has 4 nitrogen and oxygen atoms in total. The molecule has 0 aliphatic heterocycles. The van der Waals surface area contributed by atoms with E-state index in [1.165, 1.54) is 0 Å². The average Bonchev–Trinajstić information content (AvgIpc) is 2.36. The summed E-state index contributed by atoms with van der Waals surface area (Å²) in [6, 6.07) is 3.70. The van der Waals surface area contributed by atoms with E-state index in [0.717, 1.165) is 22.8 Å². The van der Waals surface area contributed by atoms with Crippen LogP contribution < -0.4 is 14.2 Å². The van der Waals surface area contributed by atoms with Gasteiger partial charge in [-0.05, 0) is 13.8 Å². The SMILES string of the molecule is CCOCCOc1cc(OC)c(C)c(OC)c1. The van der Waals surface area contributed by atoms with Crippen molar-refractivity contribution in [2.24, 2.45) is 0 Å². The lowest BCUT2D eigenvalue weighted by molar-refractivity contribution is 0.110. The maximum atomic E-state index is 5.56. The van der Waals surface area contributed by atoms with Gasteiger partial charge in [0.25, 0.3) is 0 Å². The summed E-state index contributed by atoms with van der Waals surface area (Å²) in [6.45, 7) is 5.70. The van der Waals surface area contributed by atoms with Gasteiger partial charge in [0.05, 0.1) is 20.8 Å². The highest BCUT2D eigenvalue weighted by Gasteiger charge is 2.08. The maximum absolute atomic E-state index is 5.56. The van der Waals surface area contributed by atoms with Gasteiger partial charge in [-0.2, -0.15) is 0 Å². The second-order valence-corrected chi connectivity index (χ2v) is 3.50. The molecule has 96 valence electrons. The van der Waals surface area contributed by atoms with Crippen LogP contribution in [0.2, 0.25) is 0 Å². The van der Waals surface area contributed by atoms with Crippen molar-refractivity contribution >= 4 is 0 Å². The highest BCUT2D eigenvalue weighted by molar-refractivity contribution is 5.49. The van der Waals surface area contributed by atoms with Crippen LogP contribution >= 0.6 is 0 Å². The predicted molar refractivity (Wildman–Crippen MR) is 66.3 cm³/mol. The fourth-order valence-corrected chi connectivity index (χ4v) is 1.51. The fraction of sp³-hybridized carbons (Fsp3) is 0.538. The summed E-state index contributed by atoms with van der Waals surface area (Å²) in [5.41, 5.74) is 0.965. The predicted octanol–water partition coefficient (Wildman–Crippen LogP) is 2.43. The van der Waals surface area contributed by atoms with Crippen LogP contribution in [0.1, 0.15) is 12.5 Å². The van der Waals surface area contributed by atoms with Crippen molar-refractivity contribution in [3.63, 3.8) is 0 Å². The van der Waals surface area contributed by atoms with Crippen molar-refractivity contribution in [1.29, 1.82) is 0 Å². The lowest BCUT2D eigenvalue weighted by atomic mass is 10.2. The molecule has 0 saturated carbocycles. The zero-order valence-corrected chi connectivity index (χ0v) is 10.9. The zero-order valence-electron chi connectivity index (χ0n) is 10.9. The number of hydrogen-bond acceptors (Lipinski definition) is 4. The summed E-state index contributed by atoms with van der Waals surface area (Å²) in [6.07, 6.45) is 0. The molecule has 0 bridgehead atoms. The van der Waals surface area contributed by atoms with E-state index in [9.17, 15) is 0 Å². The Labute approximate surface area is 102 Å². The van der Waals surface area contributed by atoms with Crippen LogP contribution in [-0.2, 0) is 4.74 Å². The highest BCUT2D eigenvalue weighted by Crippen LogP contribution is 2.32. The van der Waals surface area contributed by atoms with Gasteiger partial charge >= 0.3 is 0 Å². The molecule has 0 atom stereocenters. The van der Waals surface area contributed by atoms with Crippen molar-refractivity contribution in [3.8, 4) is 17.2 Å². The van der Waals surface area contributed by atoms with Crippen molar-refractivity contribution in [2.45, 2.75) is 13.8 Å². The number of ether oxygens (including phenoxy) is 4. The molecule has 1 aromatic rings. The normalized spacial score (nSPS) is 10.1. The third-order valence-electron chi connectivity index (χ3n) is 2.43. The third kappa shape index (κ3) is 3.82. The Balaban J connectivity index is 2.71. The molecular formula is C13H20O4. The van der Waals surface area contributed by atoms with E-state index in [4.69, 9.17) is 18.9 Å². The van der Waals surface area contributed by atoms with E-state index >= 15 is 0 Å². The Hall–Kier alpha value is -1.42. The second kappa shape index (κ2) is 7.01. The van der Waals surface area contributed by atoms with E-state index in [0.29, 0.717) is 19.8 Å². The van der Waals surface area contributed by atoms with Crippen molar-refractivity contribution < 1.29 is 18.9 Å². The van der Waals surface area contributed by atoms with Gasteiger partial charge in [-0.1, -0.05) is 0 Å². The van der Waals surface area contributed by atoms with Gasteiger partial charge in [0, 0.05) is 24.3 Å². The number of methoxy groups -OCH3 is 2. The van der Waals surface area contributed by atoms with E-state index in [2.05, 4.69) is 0 Å². The van der Waals surface area contributed by atoms with Crippen molar-refractivity contribution in [2.75, 3.05) is 34.0 Å². The van der Waals surface area contributed by atoms with Crippen LogP contribution in [0.15, 0.2) is 12.1 Å². The topological polar surface area (TPSA) is 36.9 Å². The minimum Gasteiger partial charge on any atom is -0.496 e. The summed E-state index contributed by atoms with van der Waals surface area (Å²) in [5.74, 6) is 2.25. The summed E-state index contributed by atoms with van der Waals surface area (Å²) in [4.78, 5) is 0. The quantitative estimate of drug-likeness (QED) is 0.686. The Bertz CT molecular complexity index is 324. The van der Waals surface area contributed by atoms with E-state index in [1.807, 2.05) is 26.0 Å². The Morgan fingerprint density at radius 3 is 2.06 bits per heavy atom. The first-order chi connectivity index (χ1) is 8.22. The second-order valence-electron chi connectivity index (χ2n) is 3.50. The van der Waals surface area contributed by atoms with Gasteiger partial charge in [-0.25, -0.2) is 0 Å². The molecule has 1 rings (SSSR count). The molecule has 4 heteroatoms. The minimum atomic E-state index is 0.517. The van der Waals surface area contributed by atoms with Gasteiger partial charge in [0.1, 0.15) is 23.9 Å². The summed E-state index contributed by atoms with van der Waals surface area (Å²) in [5, 5.41) is 0. The monoisotopic (exact) mass is 240 g/mol. The molecule has 0 aliphatic rings. The molecule has 1 aromatic carbocycles. The smallest absolute Gasteiger partial charge is 0.129 e. The largest absolute Gasteiger partial charge is 0.496 e. The van der Waals surface area contributed by atoms with E-state index in [1.54, 1.807) is 14.2 Å². The Morgan fingerprint density at radius 1 is 1.00 bits per heavy atom. The zero-order chi connectivity index (χ0) is 12.7. The van der Waals surface area contributed by atoms with Gasteiger partial charge < -0.3 is 18.9 Å². The highest BCUT2D eigenvalue weighted by atomic mass is 16.5. The Morgan fingerprint density at radius 2 is 1.59 bits per heavy atom. The average molecular weight is 240 g/mol. The molecule has 0 fully saturated rings. The fourth-order valence-electron chi connectivity index (χ4n) is 1.51. The van der Waals surface area contributed by atoms with Gasteiger partial charge in [-0.15, -0.1) is 0 Å². The summed E-state index contributed by atoms with van der Waals surface area (Å²) >= 11 is 0. The summed E-state index contributed by atoms with van der Waals surface area (Å²) in [7, 11) is 3.26. The molecule has 0 radical (unpaired) electrons. The van der Waals surface area contributed by atoms with Crippen LogP contribution in [-0.4, -0.2) is 34.0 Å². The third-order valence-corrected chi connectivity index (χ3v) is 2.43. The van der Waals surface area contributed by atoms with E-state index < -0.39 is 0 Å². The molecule has 0 aromatic heterocycles. The molecule has 0 spiro atoms. The first-order valence-corrected chi connectivity index (χ1v) is 5.66. The lowest BCUT2D eigenvalue weighted by Crippen LogP contribution is -2.06. The molecule has 17 heavy (non-hydrogen) atoms. The molecular weight excluding hydrogens is 220 g/mol. The lowest BCUT2D eigenvalue weighted by Gasteiger charge is -2.13. The first-order valence-electron chi connectivity index (χ1n) is 5.66. The minimum absolute atomic E-state index is 0.517. The van der Waals surface area contributed by atoms with Gasteiger partial charge in [-0.3, -0.25) is 0 Å². The molecule has 0 N–H and O–H groups in total. The van der Waals surface area contributed by atoms with Crippen LogP contribution in [0.3, 0.4) is 0 Å². The molecule has 0 saturated heterocycles. The van der Waals surface area contributed by atoms with Crippen LogP contribution in [0.4, 0.5) is 0 Å². The summed E-state index contributed by atoms with van der Waals surface area (Å²) < 4.78 is 21.3. The standard InChI is InChI=1S/C13H20O4/c1-5-16-6-7-17-11-8-12(14-3)10(2)13(9-11)15-4/h8-9H,5-7H2,1-4H3. The van der Waals surface area contributed by atoms with Gasteiger partial charge in [0.2, 0.25) is 0 Å². The first kappa shape index (κ1) is 13.6. The molecule has 0 unspecified atom stereocenters. The maximum Gasteiger partial charge on any atom is 0.129 e. The number of hydrogen-bond donors (Lipinski definition) is 0. The Kier molecular flexibility index (Phi) is 5.63. The number of benzene rings is 1. The number of rotatable bonds is 7. The molecule has 0 aliphatic carbocycles. The van der Waals surface area contributed by atoms with Crippen LogP contribution in [0.25, 0.3) is 0 Å². The van der Waals surface area contributed by atoms with Gasteiger partial charge in [0.15, 0.2) is 0 Å². The molecule has 0 amide bonds. The van der Waals surface area contributed by atoms with Crippen LogP contribution in [0.5, 0.6) is 17.2 Å². The molecule has 0 heterocycles.